The fraction of sp³-hybridized carbons (Fsp3) is 0.182. The smallest absolute Gasteiger partial charge is 0.240 e. The Morgan fingerprint density at radius 3 is 2.83 bits per heavy atom. The van der Waals surface area contributed by atoms with Crippen molar-refractivity contribution in [3.63, 3.8) is 0 Å². The van der Waals surface area contributed by atoms with Crippen LogP contribution < -0.4 is 10.5 Å². The van der Waals surface area contributed by atoms with E-state index in [1.165, 1.54) is 12.1 Å². The minimum Gasteiger partial charge on any atom is -0.399 e. The Labute approximate surface area is 105 Å². The summed E-state index contributed by atoms with van der Waals surface area (Å²) in [5, 5.41) is 6.58. The summed E-state index contributed by atoms with van der Waals surface area (Å²) in [7, 11) is -3.55. The number of nitrogens with two attached hydrogens (primary N) is 1. The van der Waals surface area contributed by atoms with E-state index in [-0.39, 0.29) is 11.4 Å². The highest BCUT2D eigenvalue weighted by Crippen LogP contribution is 2.13. The molecule has 6 nitrogen and oxygen atoms in total. The van der Waals surface area contributed by atoms with Gasteiger partial charge in [-0.15, -0.1) is 0 Å². The first kappa shape index (κ1) is 12.6. The van der Waals surface area contributed by atoms with Crippen molar-refractivity contribution in [1.29, 1.82) is 0 Å². The van der Waals surface area contributed by atoms with Gasteiger partial charge in [-0.3, -0.25) is 5.10 Å². The third kappa shape index (κ3) is 2.69. The van der Waals surface area contributed by atoms with E-state index in [0.29, 0.717) is 5.69 Å². The highest BCUT2D eigenvalue weighted by atomic mass is 32.2. The number of hydrogen-bond acceptors (Lipinski definition) is 4. The van der Waals surface area contributed by atoms with E-state index in [1.807, 2.05) is 6.92 Å². The maximum Gasteiger partial charge on any atom is 0.240 e. The van der Waals surface area contributed by atoms with Crippen LogP contribution in [0.5, 0.6) is 0 Å². The summed E-state index contributed by atoms with van der Waals surface area (Å²) >= 11 is 0. The van der Waals surface area contributed by atoms with Crippen LogP contribution >= 0.6 is 0 Å². The van der Waals surface area contributed by atoms with Gasteiger partial charge in [0.2, 0.25) is 10.0 Å². The van der Waals surface area contributed by atoms with Gasteiger partial charge in [0.05, 0.1) is 11.1 Å². The number of aryl methyl sites for hydroxylation is 1. The van der Waals surface area contributed by atoms with E-state index < -0.39 is 10.0 Å². The summed E-state index contributed by atoms with van der Waals surface area (Å²) in [6, 6.07) is 6.16. The minimum atomic E-state index is -3.55. The summed E-state index contributed by atoms with van der Waals surface area (Å²) in [6.07, 6.45) is 1.59. The van der Waals surface area contributed by atoms with Gasteiger partial charge in [-0.25, -0.2) is 13.1 Å². The highest BCUT2D eigenvalue weighted by Gasteiger charge is 2.14. The molecule has 0 unspecified atom stereocenters. The number of nitrogens with one attached hydrogen (secondary N) is 2. The van der Waals surface area contributed by atoms with Crippen molar-refractivity contribution in [2.24, 2.45) is 0 Å². The van der Waals surface area contributed by atoms with Crippen LogP contribution in [0, 0.1) is 6.92 Å². The number of H-pyrrole nitrogens is 1. The van der Waals surface area contributed by atoms with Gasteiger partial charge in [-0.05, 0) is 25.1 Å². The number of benzene rings is 1. The van der Waals surface area contributed by atoms with E-state index in [0.717, 1.165) is 11.3 Å². The van der Waals surface area contributed by atoms with Crippen molar-refractivity contribution in [1.82, 2.24) is 14.9 Å². The first-order chi connectivity index (χ1) is 8.49. The molecule has 2 rings (SSSR count). The van der Waals surface area contributed by atoms with Crippen LogP contribution in [0.1, 0.15) is 11.3 Å². The van der Waals surface area contributed by atoms with E-state index in [1.54, 1.807) is 18.3 Å². The lowest BCUT2D eigenvalue weighted by atomic mass is 10.3. The number of nitrogen functional groups attached to an aromatic ring is 1. The molecule has 0 atom stereocenters. The molecule has 0 saturated carbocycles. The van der Waals surface area contributed by atoms with Crippen molar-refractivity contribution < 1.29 is 8.42 Å². The largest absolute Gasteiger partial charge is 0.399 e. The Morgan fingerprint density at radius 2 is 2.22 bits per heavy atom. The number of hydrogen-bond donors (Lipinski definition) is 3. The lowest BCUT2D eigenvalue weighted by molar-refractivity contribution is 0.581. The van der Waals surface area contributed by atoms with E-state index >= 15 is 0 Å². The summed E-state index contributed by atoms with van der Waals surface area (Å²) in [6.45, 7) is 2.02. The molecule has 2 aromatic rings. The fourth-order valence-electron chi connectivity index (χ4n) is 1.49. The molecule has 0 aliphatic carbocycles. The van der Waals surface area contributed by atoms with Crippen molar-refractivity contribution in [2.45, 2.75) is 18.4 Å². The van der Waals surface area contributed by atoms with Gasteiger partial charge in [0, 0.05) is 23.5 Å². The molecule has 0 radical (unpaired) electrons. The average molecular weight is 266 g/mol. The second-order valence-electron chi connectivity index (χ2n) is 3.92. The predicted octanol–water partition coefficient (Wildman–Crippen LogP) is 0.779. The highest BCUT2D eigenvalue weighted by molar-refractivity contribution is 7.89. The fourth-order valence-corrected chi connectivity index (χ4v) is 2.55. The van der Waals surface area contributed by atoms with Crippen molar-refractivity contribution >= 4 is 15.7 Å². The summed E-state index contributed by atoms with van der Waals surface area (Å²) in [5.41, 5.74) is 7.62. The van der Waals surface area contributed by atoms with Crippen LogP contribution in [-0.4, -0.2) is 18.6 Å². The van der Waals surface area contributed by atoms with Crippen LogP contribution in [0.3, 0.4) is 0 Å². The molecule has 96 valence electrons. The van der Waals surface area contributed by atoms with E-state index in [4.69, 9.17) is 5.73 Å². The first-order valence-electron chi connectivity index (χ1n) is 5.33. The predicted molar refractivity (Wildman–Crippen MR) is 68.2 cm³/mol. The molecular weight excluding hydrogens is 252 g/mol. The van der Waals surface area contributed by atoms with Crippen LogP contribution in [-0.2, 0) is 16.6 Å². The van der Waals surface area contributed by atoms with Crippen molar-refractivity contribution in [3.05, 3.63) is 41.7 Å². The molecule has 0 aliphatic heterocycles. The van der Waals surface area contributed by atoms with Crippen molar-refractivity contribution in [3.8, 4) is 0 Å². The molecule has 0 fully saturated rings. The van der Waals surface area contributed by atoms with Crippen LogP contribution in [0.25, 0.3) is 0 Å². The molecule has 7 heteroatoms. The van der Waals surface area contributed by atoms with Crippen molar-refractivity contribution in [2.75, 3.05) is 5.73 Å². The van der Waals surface area contributed by atoms with Crippen LogP contribution in [0.2, 0.25) is 0 Å². The normalized spacial score (nSPS) is 11.6. The number of aromatic amines is 1. The molecule has 0 spiro atoms. The second kappa shape index (κ2) is 4.79. The van der Waals surface area contributed by atoms with E-state index in [9.17, 15) is 8.42 Å². The minimum absolute atomic E-state index is 0.156. The zero-order valence-corrected chi connectivity index (χ0v) is 10.7. The lowest BCUT2D eigenvalue weighted by Crippen LogP contribution is -2.23. The maximum atomic E-state index is 12.0. The van der Waals surface area contributed by atoms with E-state index in [2.05, 4.69) is 14.9 Å². The standard InChI is InChI=1S/C11H14N4O2S/c1-8-9(6-13-15-8)7-14-18(16,17)11-4-2-3-10(12)5-11/h2-6,14H,7,12H2,1H3,(H,13,15). The van der Waals surface area contributed by atoms with Gasteiger partial charge in [-0.2, -0.15) is 5.10 Å². The third-order valence-electron chi connectivity index (χ3n) is 2.56. The monoisotopic (exact) mass is 266 g/mol. The molecule has 1 aromatic carbocycles. The molecule has 4 N–H and O–H groups in total. The molecule has 1 heterocycles. The first-order valence-corrected chi connectivity index (χ1v) is 6.81. The summed E-state index contributed by atoms with van der Waals surface area (Å²) in [4.78, 5) is 0.156. The average Bonchev–Trinajstić information content (AvgIpc) is 2.72. The van der Waals surface area contributed by atoms with Gasteiger partial charge >= 0.3 is 0 Å². The lowest BCUT2D eigenvalue weighted by Gasteiger charge is -2.06. The Hall–Kier alpha value is -1.86. The summed E-state index contributed by atoms with van der Waals surface area (Å²) in [5.74, 6) is 0. The molecule has 0 amide bonds. The molecule has 1 aromatic heterocycles. The Kier molecular flexibility index (Phi) is 3.35. The summed E-state index contributed by atoms with van der Waals surface area (Å²) < 4.78 is 26.5. The van der Waals surface area contributed by atoms with Gasteiger partial charge < -0.3 is 5.73 Å². The second-order valence-corrected chi connectivity index (χ2v) is 5.68. The van der Waals surface area contributed by atoms with Gasteiger partial charge in [0.15, 0.2) is 0 Å². The zero-order chi connectivity index (χ0) is 13.2. The number of nitrogens with zero attached hydrogens (tertiary/aromatic N) is 1. The quantitative estimate of drug-likeness (QED) is 0.712. The molecule has 0 saturated heterocycles. The number of sulfonamides is 1. The topological polar surface area (TPSA) is 101 Å². The molecule has 0 bridgehead atoms. The van der Waals surface area contributed by atoms with Crippen LogP contribution in [0.4, 0.5) is 5.69 Å². The number of rotatable bonds is 4. The Morgan fingerprint density at radius 1 is 1.44 bits per heavy atom. The van der Waals surface area contributed by atoms with Gasteiger partial charge in [-0.1, -0.05) is 6.07 Å². The SMILES string of the molecule is Cc1[nH]ncc1CNS(=O)(=O)c1cccc(N)c1. The molecular formula is C11H14N4O2S. The van der Waals surface area contributed by atoms with Gasteiger partial charge in [0.25, 0.3) is 0 Å². The third-order valence-corrected chi connectivity index (χ3v) is 3.95. The van der Waals surface area contributed by atoms with Crippen LogP contribution in [0.15, 0.2) is 35.4 Å². The maximum absolute atomic E-state index is 12.0. The van der Waals surface area contributed by atoms with Gasteiger partial charge in [0.1, 0.15) is 0 Å². The Balaban J connectivity index is 2.16. The number of aromatic nitrogens is 2. The molecule has 18 heavy (non-hydrogen) atoms. The number of anilines is 1. The zero-order valence-electron chi connectivity index (χ0n) is 9.84. The Bertz CT molecular complexity index is 649. The molecule has 0 aliphatic rings.